The van der Waals surface area contributed by atoms with E-state index in [1.807, 2.05) is 60.7 Å². The SMILES string of the molecule is [Cl-].[Cl-].[SiH3]C[CH]=[Zr+2].c1cc[cH-]c1.c1cc[cH-]c1. The standard InChI is InChI=1S/2C5H5.C2H6Si.2ClH.Zr/c2*1-2-4-5-3-1;1-2-3;;;/h2*1-5H;1H,2H2,3H3;2*1H;/q2*-1;;;;+2/p-2. The molecule has 0 saturated heterocycles. The first-order valence-corrected chi connectivity index (χ1v) is 7.57. The van der Waals surface area contributed by atoms with Gasteiger partial charge < -0.3 is 24.8 Å². The Labute approximate surface area is 129 Å². The summed E-state index contributed by atoms with van der Waals surface area (Å²) in [4.78, 5) is 0. The van der Waals surface area contributed by atoms with E-state index in [1.54, 1.807) is 24.2 Å². The molecule has 0 radical (unpaired) electrons. The van der Waals surface area contributed by atoms with Crippen LogP contribution in [0, 0.1) is 0 Å². The Hall–Kier alpha value is 0.250. The fraction of sp³-hybridized carbons (Fsp3) is 0.0833. The summed E-state index contributed by atoms with van der Waals surface area (Å²) in [5.74, 6) is 0. The van der Waals surface area contributed by atoms with E-state index in [0.29, 0.717) is 0 Å². The Morgan fingerprint density at radius 3 is 1.19 bits per heavy atom. The van der Waals surface area contributed by atoms with Crippen molar-refractivity contribution in [3.05, 3.63) is 60.7 Å². The van der Waals surface area contributed by atoms with Gasteiger partial charge in [-0.15, -0.1) is 0 Å². The molecular weight excluding hydrogens is 334 g/mol. The van der Waals surface area contributed by atoms with Gasteiger partial charge in [-0.05, 0) is 0 Å². The van der Waals surface area contributed by atoms with Gasteiger partial charge in [-0.1, -0.05) is 0 Å². The fourth-order valence-corrected chi connectivity index (χ4v) is 0.642. The zero-order chi connectivity index (χ0) is 10.5. The molecule has 88 valence electrons. The van der Waals surface area contributed by atoms with Crippen LogP contribution in [0.2, 0.25) is 6.04 Å². The maximum absolute atomic E-state index is 2.28. The summed E-state index contributed by atoms with van der Waals surface area (Å²) < 4.78 is 2.28. The topological polar surface area (TPSA) is 0 Å². The molecule has 0 aliphatic carbocycles. The van der Waals surface area contributed by atoms with Crippen LogP contribution in [0.4, 0.5) is 0 Å². The first-order chi connectivity index (χ1) is 6.91. The summed E-state index contributed by atoms with van der Waals surface area (Å²) in [6, 6.07) is 21.4. The smallest absolute Gasteiger partial charge is 0.172 e. The molecule has 2 aromatic rings. The minimum atomic E-state index is 0. The summed E-state index contributed by atoms with van der Waals surface area (Å²) in [6.45, 7) is 0. The molecule has 0 aliphatic heterocycles. The summed E-state index contributed by atoms with van der Waals surface area (Å²) in [7, 11) is 1.36. The van der Waals surface area contributed by atoms with E-state index in [0.717, 1.165) is 0 Å². The van der Waals surface area contributed by atoms with Crippen LogP contribution in [-0.2, 0) is 24.2 Å². The van der Waals surface area contributed by atoms with E-state index in [1.165, 1.54) is 16.3 Å². The Morgan fingerprint density at radius 1 is 0.875 bits per heavy atom. The van der Waals surface area contributed by atoms with Gasteiger partial charge >= 0.3 is 44.2 Å². The third kappa shape index (κ3) is 19.8. The number of hydrogen-bond donors (Lipinski definition) is 0. The van der Waals surface area contributed by atoms with E-state index in [2.05, 4.69) is 3.71 Å². The molecule has 0 aromatic heterocycles. The zero-order valence-corrected chi connectivity index (χ0v) is 15.3. The summed E-state index contributed by atoms with van der Waals surface area (Å²) in [5, 5.41) is 0. The molecule has 0 heterocycles. The van der Waals surface area contributed by atoms with Gasteiger partial charge in [0.25, 0.3) is 0 Å². The third-order valence-electron chi connectivity index (χ3n) is 1.32. The molecule has 16 heavy (non-hydrogen) atoms. The van der Waals surface area contributed by atoms with Crippen LogP contribution in [0.3, 0.4) is 0 Å². The summed E-state index contributed by atoms with van der Waals surface area (Å²) in [5.41, 5.74) is 0. The van der Waals surface area contributed by atoms with Gasteiger partial charge in [0, 0.05) is 0 Å². The van der Waals surface area contributed by atoms with Crippen LogP contribution < -0.4 is 24.8 Å². The molecule has 0 atom stereocenters. The second kappa shape index (κ2) is 20.6. The molecule has 0 nitrogen and oxygen atoms in total. The van der Waals surface area contributed by atoms with Gasteiger partial charge in [0.1, 0.15) is 0 Å². The third-order valence-corrected chi connectivity index (χ3v) is 4.73. The maximum atomic E-state index is 2.28. The van der Waals surface area contributed by atoms with Crippen LogP contribution in [0.1, 0.15) is 0 Å². The minimum Gasteiger partial charge on any atom is -0.214 e. The number of rotatable bonds is 1. The Morgan fingerprint density at radius 2 is 1.12 bits per heavy atom. The molecule has 4 heteroatoms. The van der Waals surface area contributed by atoms with Crippen LogP contribution in [-0.4, -0.2) is 14.0 Å². The first kappa shape index (κ1) is 21.5. The van der Waals surface area contributed by atoms with Crippen molar-refractivity contribution >= 4 is 14.0 Å². The van der Waals surface area contributed by atoms with Gasteiger partial charge in [-0.3, -0.25) is 0 Å². The summed E-state index contributed by atoms with van der Waals surface area (Å²) >= 11 is 1.58. The largest absolute Gasteiger partial charge is 0.214 e. The Kier molecular flexibility index (Phi) is 27.8. The molecule has 0 N–H and O–H groups in total. The molecular formula is C12H16Cl2SiZr-2. The van der Waals surface area contributed by atoms with E-state index in [4.69, 9.17) is 0 Å². The normalized spacial score (nSPS) is 6.88. The quantitative estimate of drug-likeness (QED) is 0.363. The van der Waals surface area contributed by atoms with Crippen LogP contribution in [0.5, 0.6) is 0 Å². The molecule has 2 aromatic carbocycles. The van der Waals surface area contributed by atoms with Crippen molar-refractivity contribution in [1.82, 2.24) is 0 Å². The minimum absolute atomic E-state index is 0. The van der Waals surface area contributed by atoms with Crippen molar-refractivity contribution in [2.45, 2.75) is 6.04 Å². The Balaban J connectivity index is -0.000000151. The average Bonchev–Trinajstić information content (AvgIpc) is 2.94. The van der Waals surface area contributed by atoms with Crippen molar-refractivity contribution in [2.24, 2.45) is 0 Å². The van der Waals surface area contributed by atoms with Crippen molar-refractivity contribution < 1.29 is 49.0 Å². The van der Waals surface area contributed by atoms with Crippen molar-refractivity contribution in [1.29, 1.82) is 0 Å². The molecule has 0 bridgehead atoms. The van der Waals surface area contributed by atoms with Crippen molar-refractivity contribution in [3.63, 3.8) is 0 Å². The van der Waals surface area contributed by atoms with E-state index in [-0.39, 0.29) is 24.8 Å². The van der Waals surface area contributed by atoms with Crippen LogP contribution >= 0.6 is 0 Å². The zero-order valence-electron chi connectivity index (χ0n) is 9.31. The van der Waals surface area contributed by atoms with Crippen LogP contribution in [0.25, 0.3) is 0 Å². The van der Waals surface area contributed by atoms with E-state index in [9.17, 15) is 0 Å². The molecule has 0 unspecified atom stereocenters. The number of hydrogen-bond acceptors (Lipinski definition) is 0. The molecule has 0 fully saturated rings. The van der Waals surface area contributed by atoms with Crippen molar-refractivity contribution in [3.8, 4) is 0 Å². The van der Waals surface area contributed by atoms with Gasteiger partial charge in [-0.2, -0.15) is 36.4 Å². The van der Waals surface area contributed by atoms with Crippen molar-refractivity contribution in [2.75, 3.05) is 0 Å². The molecule has 2 rings (SSSR count). The fourth-order valence-electron chi connectivity index (χ4n) is 0.642. The first-order valence-electron chi connectivity index (χ1n) is 4.74. The second-order valence-electron chi connectivity index (χ2n) is 2.54. The molecule has 0 saturated carbocycles. The molecule has 0 aliphatic rings. The second-order valence-corrected chi connectivity index (χ2v) is 4.36. The number of halogens is 2. The van der Waals surface area contributed by atoms with Gasteiger partial charge in [0.15, 0.2) is 0 Å². The predicted octanol–water partition coefficient (Wildman–Crippen LogP) is -4.06. The monoisotopic (exact) mass is 348 g/mol. The predicted molar refractivity (Wildman–Crippen MR) is 64.9 cm³/mol. The average molecular weight is 350 g/mol. The van der Waals surface area contributed by atoms with Crippen LogP contribution in [0.15, 0.2) is 60.7 Å². The summed E-state index contributed by atoms with van der Waals surface area (Å²) in [6.07, 6.45) is 0. The Bertz CT molecular complexity index is 206. The molecule has 0 amide bonds. The van der Waals surface area contributed by atoms with Gasteiger partial charge in [0.05, 0.1) is 0 Å². The maximum Gasteiger partial charge on any atom is -0.172 e. The van der Waals surface area contributed by atoms with E-state index >= 15 is 0 Å². The molecule has 0 spiro atoms. The van der Waals surface area contributed by atoms with Gasteiger partial charge in [0.2, 0.25) is 0 Å². The van der Waals surface area contributed by atoms with Gasteiger partial charge in [-0.25, -0.2) is 24.3 Å². The van der Waals surface area contributed by atoms with E-state index < -0.39 is 0 Å².